The van der Waals surface area contributed by atoms with Gasteiger partial charge in [-0.2, -0.15) is 0 Å². The first kappa shape index (κ1) is 17.0. The summed E-state index contributed by atoms with van der Waals surface area (Å²) < 4.78 is 11.0. The molecule has 6 nitrogen and oxygen atoms in total. The summed E-state index contributed by atoms with van der Waals surface area (Å²) in [6, 6.07) is 5.53. The van der Waals surface area contributed by atoms with Crippen LogP contribution in [0.2, 0.25) is 0 Å². The molecule has 132 valence electrons. The van der Waals surface area contributed by atoms with Crippen LogP contribution >= 0.6 is 0 Å². The molecule has 0 aromatic heterocycles. The van der Waals surface area contributed by atoms with Gasteiger partial charge in [-0.15, -0.1) is 0 Å². The summed E-state index contributed by atoms with van der Waals surface area (Å²) in [5, 5.41) is 6.17. The van der Waals surface area contributed by atoms with Crippen molar-refractivity contribution in [3.8, 4) is 11.5 Å². The minimum Gasteiger partial charge on any atom is -0.486 e. The van der Waals surface area contributed by atoms with E-state index >= 15 is 0 Å². The van der Waals surface area contributed by atoms with E-state index in [4.69, 9.17) is 9.47 Å². The number of anilines is 1. The Labute approximate surface area is 143 Å². The topological polar surface area (TPSA) is 62.8 Å². The van der Waals surface area contributed by atoms with Crippen LogP contribution in [0.5, 0.6) is 11.5 Å². The van der Waals surface area contributed by atoms with Crippen LogP contribution in [0.15, 0.2) is 18.2 Å². The van der Waals surface area contributed by atoms with E-state index in [1.54, 1.807) is 0 Å². The first-order chi connectivity index (χ1) is 11.7. The second-order valence-corrected chi connectivity index (χ2v) is 6.52. The highest BCUT2D eigenvalue weighted by Gasteiger charge is 2.20. The fourth-order valence-electron chi connectivity index (χ4n) is 3.31. The minimum atomic E-state index is 0.0281. The zero-order chi connectivity index (χ0) is 16.8. The monoisotopic (exact) mass is 333 g/mol. The second-order valence-electron chi connectivity index (χ2n) is 6.52. The standard InChI is InChI=1S/C18H27N3O3/c1-19-7-4-14-5-8-21(9-6-14)13-18(22)20-15-2-3-16-17(12-15)24-11-10-23-16/h2-3,12,14,19H,4-11,13H2,1H3,(H,20,22). The van der Waals surface area contributed by atoms with Crippen molar-refractivity contribution in [2.24, 2.45) is 5.92 Å². The molecule has 0 spiro atoms. The van der Waals surface area contributed by atoms with E-state index in [2.05, 4.69) is 15.5 Å². The fraction of sp³-hybridized carbons (Fsp3) is 0.611. The van der Waals surface area contributed by atoms with Crippen LogP contribution in [-0.2, 0) is 4.79 Å². The quantitative estimate of drug-likeness (QED) is 0.830. The molecule has 6 heteroatoms. The van der Waals surface area contributed by atoms with Crippen LogP contribution in [0.3, 0.4) is 0 Å². The summed E-state index contributed by atoms with van der Waals surface area (Å²) in [7, 11) is 2.00. The van der Waals surface area contributed by atoms with Gasteiger partial charge in [0.2, 0.25) is 5.91 Å². The smallest absolute Gasteiger partial charge is 0.238 e. The van der Waals surface area contributed by atoms with Crippen molar-refractivity contribution >= 4 is 11.6 Å². The highest BCUT2D eigenvalue weighted by Crippen LogP contribution is 2.32. The van der Waals surface area contributed by atoms with Crippen molar-refractivity contribution in [1.29, 1.82) is 0 Å². The third-order valence-corrected chi connectivity index (χ3v) is 4.70. The molecule has 3 rings (SSSR count). The van der Waals surface area contributed by atoms with E-state index in [-0.39, 0.29) is 5.91 Å². The average Bonchev–Trinajstić information content (AvgIpc) is 2.61. The maximum absolute atomic E-state index is 12.3. The highest BCUT2D eigenvalue weighted by atomic mass is 16.6. The molecule has 0 unspecified atom stereocenters. The fourth-order valence-corrected chi connectivity index (χ4v) is 3.31. The van der Waals surface area contributed by atoms with Gasteiger partial charge < -0.3 is 20.1 Å². The van der Waals surface area contributed by atoms with Gasteiger partial charge in [-0.1, -0.05) is 0 Å². The number of amides is 1. The summed E-state index contributed by atoms with van der Waals surface area (Å²) in [6.07, 6.45) is 3.59. The predicted molar refractivity (Wildman–Crippen MR) is 93.8 cm³/mol. The summed E-state index contributed by atoms with van der Waals surface area (Å²) in [5.74, 6) is 2.25. The molecule has 0 radical (unpaired) electrons. The number of nitrogens with one attached hydrogen (secondary N) is 2. The van der Waals surface area contributed by atoms with E-state index < -0.39 is 0 Å². The zero-order valence-electron chi connectivity index (χ0n) is 14.3. The number of piperidine rings is 1. The molecular weight excluding hydrogens is 306 g/mol. The van der Waals surface area contributed by atoms with Gasteiger partial charge in [-0.05, 0) is 64.0 Å². The summed E-state index contributed by atoms with van der Waals surface area (Å²) >= 11 is 0. The molecule has 2 heterocycles. The van der Waals surface area contributed by atoms with Crippen LogP contribution in [0.25, 0.3) is 0 Å². The molecule has 2 N–H and O–H groups in total. The normalized spacial score (nSPS) is 18.4. The molecule has 2 aliphatic rings. The molecule has 24 heavy (non-hydrogen) atoms. The van der Waals surface area contributed by atoms with Gasteiger partial charge in [0.1, 0.15) is 13.2 Å². The van der Waals surface area contributed by atoms with Crippen molar-refractivity contribution < 1.29 is 14.3 Å². The SMILES string of the molecule is CNCCC1CCN(CC(=O)Nc2ccc3c(c2)OCCO3)CC1. The number of carbonyl (C=O) groups is 1. The Kier molecular flexibility index (Phi) is 5.93. The van der Waals surface area contributed by atoms with E-state index in [0.717, 1.165) is 37.0 Å². The molecule has 1 fully saturated rings. The molecule has 1 aromatic carbocycles. The summed E-state index contributed by atoms with van der Waals surface area (Å²) in [4.78, 5) is 14.5. The van der Waals surface area contributed by atoms with Crippen LogP contribution in [0, 0.1) is 5.92 Å². The number of benzene rings is 1. The number of likely N-dealkylation sites (tertiary alicyclic amines) is 1. The van der Waals surface area contributed by atoms with Crippen LogP contribution in [0.4, 0.5) is 5.69 Å². The molecule has 2 aliphatic heterocycles. The number of ether oxygens (including phenoxy) is 2. The van der Waals surface area contributed by atoms with Gasteiger partial charge in [-0.3, -0.25) is 9.69 Å². The summed E-state index contributed by atoms with van der Waals surface area (Å²) in [6.45, 7) is 4.66. The van der Waals surface area contributed by atoms with Crippen molar-refractivity contribution in [3.63, 3.8) is 0 Å². The number of nitrogens with zero attached hydrogens (tertiary/aromatic N) is 1. The lowest BCUT2D eigenvalue weighted by Crippen LogP contribution is -2.39. The predicted octanol–water partition coefficient (Wildman–Crippen LogP) is 1.72. The second kappa shape index (κ2) is 8.35. The molecule has 0 bridgehead atoms. The lowest BCUT2D eigenvalue weighted by molar-refractivity contribution is -0.117. The Morgan fingerprint density at radius 1 is 1.21 bits per heavy atom. The van der Waals surface area contributed by atoms with Crippen molar-refractivity contribution in [2.75, 3.05) is 51.8 Å². The van der Waals surface area contributed by atoms with Gasteiger partial charge >= 0.3 is 0 Å². The lowest BCUT2D eigenvalue weighted by atomic mass is 9.93. The molecule has 0 saturated carbocycles. The third-order valence-electron chi connectivity index (χ3n) is 4.70. The Bertz CT molecular complexity index is 556. The average molecular weight is 333 g/mol. The molecule has 1 aromatic rings. The van der Waals surface area contributed by atoms with Crippen molar-refractivity contribution in [2.45, 2.75) is 19.3 Å². The Morgan fingerprint density at radius 2 is 1.96 bits per heavy atom. The van der Waals surface area contributed by atoms with Crippen LogP contribution in [0.1, 0.15) is 19.3 Å². The lowest BCUT2D eigenvalue weighted by Gasteiger charge is -2.31. The Hall–Kier alpha value is -1.79. The number of hydrogen-bond donors (Lipinski definition) is 2. The van der Waals surface area contributed by atoms with E-state index in [1.807, 2.05) is 25.2 Å². The van der Waals surface area contributed by atoms with Gasteiger partial charge in [0, 0.05) is 11.8 Å². The molecule has 0 atom stereocenters. The van der Waals surface area contributed by atoms with Crippen molar-refractivity contribution in [3.05, 3.63) is 18.2 Å². The molecular formula is C18H27N3O3. The summed E-state index contributed by atoms with van der Waals surface area (Å²) in [5.41, 5.74) is 0.758. The number of hydrogen-bond acceptors (Lipinski definition) is 5. The largest absolute Gasteiger partial charge is 0.486 e. The third kappa shape index (κ3) is 4.61. The highest BCUT2D eigenvalue weighted by molar-refractivity contribution is 5.92. The Balaban J connectivity index is 1.44. The molecule has 0 aliphatic carbocycles. The maximum atomic E-state index is 12.3. The van der Waals surface area contributed by atoms with E-state index in [9.17, 15) is 4.79 Å². The van der Waals surface area contributed by atoms with Gasteiger partial charge in [0.25, 0.3) is 0 Å². The van der Waals surface area contributed by atoms with Gasteiger partial charge in [0.15, 0.2) is 11.5 Å². The number of rotatable bonds is 6. The Morgan fingerprint density at radius 3 is 2.71 bits per heavy atom. The first-order valence-electron chi connectivity index (χ1n) is 8.81. The van der Waals surface area contributed by atoms with E-state index in [0.29, 0.717) is 25.5 Å². The minimum absolute atomic E-state index is 0.0281. The van der Waals surface area contributed by atoms with Crippen LogP contribution < -0.4 is 20.1 Å². The number of carbonyl (C=O) groups excluding carboxylic acids is 1. The molecule has 1 saturated heterocycles. The van der Waals surface area contributed by atoms with E-state index in [1.165, 1.54) is 19.3 Å². The maximum Gasteiger partial charge on any atom is 0.238 e. The first-order valence-corrected chi connectivity index (χ1v) is 8.81. The molecule has 1 amide bonds. The van der Waals surface area contributed by atoms with Crippen LogP contribution in [-0.4, -0.2) is 57.2 Å². The zero-order valence-corrected chi connectivity index (χ0v) is 14.3. The van der Waals surface area contributed by atoms with Crippen molar-refractivity contribution in [1.82, 2.24) is 10.2 Å². The van der Waals surface area contributed by atoms with Gasteiger partial charge in [-0.25, -0.2) is 0 Å². The number of fused-ring (bicyclic) bond motifs is 1. The van der Waals surface area contributed by atoms with Gasteiger partial charge in [0.05, 0.1) is 6.54 Å².